The maximum absolute atomic E-state index is 10.5. The number of hydrogen-bond acceptors (Lipinski definition) is 3. The number of nitriles is 3. The SMILES string of the molecule is N#Cc1cc(-c2c(-c3ccccc3)cccc2-n2c3ccccc3c3cc(C#N)ccc32)cc(-n2c3ccccc3c3cc(C#N)ccc32)c1. The first-order chi connectivity index (χ1) is 24.7. The number of nitrogens with zero attached hydrogens (tertiary/aromatic N) is 5. The average molecular weight is 636 g/mol. The van der Waals surface area contributed by atoms with Gasteiger partial charge in [-0.3, -0.25) is 0 Å². The van der Waals surface area contributed by atoms with E-state index in [2.05, 4.69) is 88.0 Å². The molecule has 9 aromatic rings. The number of hydrogen-bond donors (Lipinski definition) is 0. The molecule has 0 radical (unpaired) electrons. The molecule has 0 aliphatic carbocycles. The summed E-state index contributed by atoms with van der Waals surface area (Å²) in [5.41, 5.74) is 11.5. The molecule has 230 valence electrons. The molecule has 7 aromatic carbocycles. The summed E-state index contributed by atoms with van der Waals surface area (Å²) in [5.74, 6) is 0. The molecule has 0 aliphatic rings. The maximum atomic E-state index is 10.5. The van der Waals surface area contributed by atoms with Crippen molar-refractivity contribution >= 4 is 43.6 Å². The lowest BCUT2D eigenvalue weighted by molar-refractivity contribution is 1.17. The molecule has 2 aromatic heterocycles. The van der Waals surface area contributed by atoms with Gasteiger partial charge in [-0.25, -0.2) is 0 Å². The third kappa shape index (κ3) is 4.38. The minimum atomic E-state index is 0.534. The van der Waals surface area contributed by atoms with Crippen LogP contribution in [-0.2, 0) is 0 Å². The lowest BCUT2D eigenvalue weighted by atomic mass is 9.91. The van der Waals surface area contributed by atoms with Crippen molar-refractivity contribution in [1.82, 2.24) is 9.13 Å². The Bertz CT molecular complexity index is 2960. The molecule has 0 aliphatic heterocycles. The van der Waals surface area contributed by atoms with Gasteiger partial charge in [0, 0.05) is 32.8 Å². The van der Waals surface area contributed by atoms with Gasteiger partial charge in [-0.2, -0.15) is 15.8 Å². The fourth-order valence-electron chi connectivity index (χ4n) is 7.46. The van der Waals surface area contributed by atoms with Gasteiger partial charge in [0.05, 0.1) is 62.7 Å². The van der Waals surface area contributed by atoms with Crippen LogP contribution in [0.25, 0.3) is 77.2 Å². The standard InChI is InChI=1S/C45H25N5/c46-26-29-17-19-42-38(23-29)36-11-4-6-14-40(36)49(42)34-22-31(28-48)21-33(25-34)45-35(32-9-2-1-3-10-32)13-8-16-44(45)50-41-15-7-5-12-37(41)39-24-30(27-47)18-20-43(39)50/h1-25H. The van der Waals surface area contributed by atoms with Crippen LogP contribution in [0.15, 0.2) is 152 Å². The molecule has 0 fully saturated rings. The number of para-hydroxylation sites is 2. The molecule has 0 saturated carbocycles. The molecular weight excluding hydrogens is 611 g/mol. The van der Waals surface area contributed by atoms with Gasteiger partial charge < -0.3 is 9.13 Å². The Labute approximate surface area is 287 Å². The van der Waals surface area contributed by atoms with E-state index in [1.807, 2.05) is 91.0 Å². The highest BCUT2D eigenvalue weighted by atomic mass is 15.0. The third-order valence-electron chi connectivity index (χ3n) is 9.57. The Morgan fingerprint density at radius 1 is 0.380 bits per heavy atom. The van der Waals surface area contributed by atoms with Gasteiger partial charge in [0.1, 0.15) is 0 Å². The van der Waals surface area contributed by atoms with Gasteiger partial charge in [0.2, 0.25) is 0 Å². The van der Waals surface area contributed by atoms with Crippen molar-refractivity contribution < 1.29 is 0 Å². The molecule has 0 saturated heterocycles. The number of fused-ring (bicyclic) bond motifs is 6. The summed E-state index contributed by atoms with van der Waals surface area (Å²) in [6, 6.07) is 57.9. The van der Waals surface area contributed by atoms with Gasteiger partial charge in [-0.15, -0.1) is 0 Å². The molecule has 9 rings (SSSR count). The summed E-state index contributed by atoms with van der Waals surface area (Å²) in [6.07, 6.45) is 0. The highest BCUT2D eigenvalue weighted by Gasteiger charge is 2.21. The van der Waals surface area contributed by atoms with Crippen molar-refractivity contribution in [3.63, 3.8) is 0 Å². The van der Waals surface area contributed by atoms with Gasteiger partial charge >= 0.3 is 0 Å². The van der Waals surface area contributed by atoms with Crippen LogP contribution in [0.1, 0.15) is 16.7 Å². The highest BCUT2D eigenvalue weighted by molar-refractivity contribution is 6.11. The molecular formula is C45H25N5. The van der Waals surface area contributed by atoms with Crippen LogP contribution in [0.2, 0.25) is 0 Å². The van der Waals surface area contributed by atoms with Crippen molar-refractivity contribution in [3.8, 4) is 51.8 Å². The average Bonchev–Trinajstić information content (AvgIpc) is 3.69. The summed E-state index contributed by atoms with van der Waals surface area (Å²) in [6.45, 7) is 0. The lowest BCUT2D eigenvalue weighted by Gasteiger charge is -2.20. The van der Waals surface area contributed by atoms with E-state index in [0.717, 1.165) is 77.2 Å². The quantitative estimate of drug-likeness (QED) is 0.193. The predicted octanol–water partition coefficient (Wildman–Crippen LogP) is 10.8. The zero-order valence-electron chi connectivity index (χ0n) is 26.7. The van der Waals surface area contributed by atoms with Crippen LogP contribution >= 0.6 is 0 Å². The number of aromatic nitrogens is 2. The van der Waals surface area contributed by atoms with Gasteiger partial charge in [-0.05, 0) is 89.5 Å². The minimum Gasteiger partial charge on any atom is -0.309 e. The second-order valence-electron chi connectivity index (χ2n) is 12.3. The van der Waals surface area contributed by atoms with E-state index in [9.17, 15) is 15.8 Å². The fourth-order valence-corrected chi connectivity index (χ4v) is 7.46. The zero-order valence-corrected chi connectivity index (χ0v) is 26.7. The largest absolute Gasteiger partial charge is 0.309 e. The summed E-state index contributed by atoms with van der Waals surface area (Å²) in [5, 5.41) is 34.0. The number of rotatable bonds is 4. The summed E-state index contributed by atoms with van der Waals surface area (Å²) < 4.78 is 4.46. The normalized spacial score (nSPS) is 11.1. The van der Waals surface area contributed by atoms with Crippen molar-refractivity contribution in [1.29, 1.82) is 15.8 Å². The molecule has 0 N–H and O–H groups in total. The van der Waals surface area contributed by atoms with E-state index in [4.69, 9.17) is 0 Å². The van der Waals surface area contributed by atoms with Crippen LogP contribution in [0.5, 0.6) is 0 Å². The van der Waals surface area contributed by atoms with E-state index >= 15 is 0 Å². The van der Waals surface area contributed by atoms with Gasteiger partial charge in [-0.1, -0.05) is 78.9 Å². The second-order valence-corrected chi connectivity index (χ2v) is 12.3. The first-order valence-corrected chi connectivity index (χ1v) is 16.3. The summed E-state index contributed by atoms with van der Waals surface area (Å²) in [7, 11) is 0. The first kappa shape index (κ1) is 28.8. The van der Waals surface area contributed by atoms with Crippen LogP contribution in [-0.4, -0.2) is 9.13 Å². The summed E-state index contributed by atoms with van der Waals surface area (Å²) >= 11 is 0. The van der Waals surface area contributed by atoms with E-state index in [1.54, 1.807) is 0 Å². The smallest absolute Gasteiger partial charge is 0.0992 e. The Morgan fingerprint density at radius 2 is 0.940 bits per heavy atom. The second kappa shape index (κ2) is 11.4. The Hall–Kier alpha value is -7.39. The van der Waals surface area contributed by atoms with Crippen molar-refractivity contribution in [2.24, 2.45) is 0 Å². The predicted molar refractivity (Wildman–Crippen MR) is 200 cm³/mol. The van der Waals surface area contributed by atoms with E-state index in [1.165, 1.54) is 0 Å². The maximum Gasteiger partial charge on any atom is 0.0992 e. The topological polar surface area (TPSA) is 81.2 Å². The van der Waals surface area contributed by atoms with Crippen molar-refractivity contribution in [2.45, 2.75) is 0 Å². The van der Waals surface area contributed by atoms with Crippen LogP contribution < -0.4 is 0 Å². The van der Waals surface area contributed by atoms with Crippen molar-refractivity contribution in [2.75, 3.05) is 0 Å². The van der Waals surface area contributed by atoms with E-state index in [-0.39, 0.29) is 0 Å². The van der Waals surface area contributed by atoms with E-state index < -0.39 is 0 Å². The lowest BCUT2D eigenvalue weighted by Crippen LogP contribution is -2.01. The molecule has 0 bridgehead atoms. The van der Waals surface area contributed by atoms with Crippen LogP contribution in [0.3, 0.4) is 0 Å². The molecule has 0 atom stereocenters. The molecule has 5 nitrogen and oxygen atoms in total. The zero-order chi connectivity index (χ0) is 33.8. The van der Waals surface area contributed by atoms with Crippen LogP contribution in [0, 0.1) is 34.0 Å². The molecule has 0 amide bonds. The minimum absolute atomic E-state index is 0.534. The number of benzene rings is 7. The molecule has 5 heteroatoms. The van der Waals surface area contributed by atoms with Crippen molar-refractivity contribution in [3.05, 3.63) is 168 Å². The molecule has 2 heterocycles. The highest BCUT2D eigenvalue weighted by Crippen LogP contribution is 2.43. The fraction of sp³-hybridized carbons (Fsp3) is 0. The molecule has 0 spiro atoms. The van der Waals surface area contributed by atoms with Gasteiger partial charge in [0.25, 0.3) is 0 Å². The van der Waals surface area contributed by atoms with Crippen LogP contribution in [0.4, 0.5) is 0 Å². The first-order valence-electron chi connectivity index (χ1n) is 16.3. The van der Waals surface area contributed by atoms with E-state index in [0.29, 0.717) is 16.7 Å². The van der Waals surface area contributed by atoms with Gasteiger partial charge in [0.15, 0.2) is 0 Å². The third-order valence-corrected chi connectivity index (χ3v) is 9.57. The Morgan fingerprint density at radius 3 is 1.58 bits per heavy atom. The molecule has 0 unspecified atom stereocenters. The Balaban J connectivity index is 1.40. The monoisotopic (exact) mass is 635 g/mol. The Kier molecular flexibility index (Phi) is 6.56. The summed E-state index contributed by atoms with van der Waals surface area (Å²) in [4.78, 5) is 0. The molecule has 50 heavy (non-hydrogen) atoms.